The highest BCUT2D eigenvalue weighted by molar-refractivity contribution is 7.09. The third kappa shape index (κ3) is 7.16. The summed E-state index contributed by atoms with van der Waals surface area (Å²) in [7, 11) is 0. The van der Waals surface area contributed by atoms with Gasteiger partial charge in [-0.1, -0.05) is 73.2 Å². The predicted molar refractivity (Wildman–Crippen MR) is 164 cm³/mol. The van der Waals surface area contributed by atoms with Gasteiger partial charge in [-0.05, 0) is 54.5 Å². The summed E-state index contributed by atoms with van der Waals surface area (Å²) in [6.07, 6.45) is 6.75. The molecule has 1 aliphatic carbocycles. The molecule has 1 saturated carbocycles. The second-order valence-corrected chi connectivity index (χ2v) is 12.1. The van der Waals surface area contributed by atoms with Crippen LogP contribution in [0.4, 0.5) is 0 Å². The molecule has 4 aromatic rings. The molecule has 1 fully saturated rings. The van der Waals surface area contributed by atoms with Crippen molar-refractivity contribution < 1.29 is 14.4 Å². The maximum Gasteiger partial charge on any atom is 0.289 e. The molecule has 1 atom stereocenters. The van der Waals surface area contributed by atoms with Crippen LogP contribution in [0.25, 0.3) is 10.8 Å². The van der Waals surface area contributed by atoms with Gasteiger partial charge in [0.1, 0.15) is 0 Å². The maximum absolute atomic E-state index is 13.6. The molecule has 7 heteroatoms. The van der Waals surface area contributed by atoms with E-state index in [0.717, 1.165) is 42.7 Å². The van der Waals surface area contributed by atoms with Gasteiger partial charge < -0.3 is 10.6 Å². The number of hydrogen-bond donors (Lipinski definition) is 2. The minimum absolute atomic E-state index is 0.0173. The number of benzene rings is 3. The number of nitrogens with zero attached hydrogens (tertiary/aromatic N) is 1. The van der Waals surface area contributed by atoms with Gasteiger partial charge in [0.05, 0.1) is 11.6 Å². The first-order valence-corrected chi connectivity index (χ1v) is 15.3. The van der Waals surface area contributed by atoms with Crippen molar-refractivity contribution >= 4 is 39.6 Å². The van der Waals surface area contributed by atoms with Crippen LogP contribution >= 0.6 is 11.3 Å². The van der Waals surface area contributed by atoms with Gasteiger partial charge in [-0.2, -0.15) is 0 Å². The average Bonchev–Trinajstić information content (AvgIpc) is 3.57. The number of fused-ring (bicyclic) bond motifs is 1. The van der Waals surface area contributed by atoms with Crippen LogP contribution in [0.5, 0.6) is 0 Å². The molecule has 1 amide bonds. The molecule has 3 aromatic carbocycles. The van der Waals surface area contributed by atoms with E-state index in [0.29, 0.717) is 12.0 Å². The van der Waals surface area contributed by atoms with Crippen molar-refractivity contribution in [1.29, 1.82) is 0 Å². The van der Waals surface area contributed by atoms with Gasteiger partial charge in [0.2, 0.25) is 5.78 Å². The van der Waals surface area contributed by atoms with Crippen molar-refractivity contribution in [1.82, 2.24) is 15.6 Å². The molecule has 0 bridgehead atoms. The lowest BCUT2D eigenvalue weighted by atomic mass is 9.86. The van der Waals surface area contributed by atoms with Crippen molar-refractivity contribution in [3.05, 3.63) is 99.5 Å². The molecule has 0 unspecified atom stereocenters. The number of carbonyl (C=O) groups excluding carboxylic acids is 3. The molecule has 0 spiro atoms. The largest absolute Gasteiger partial charge is 0.345 e. The minimum Gasteiger partial charge on any atom is -0.345 e. The van der Waals surface area contributed by atoms with Crippen molar-refractivity contribution in [3.8, 4) is 0 Å². The molecule has 41 heavy (non-hydrogen) atoms. The van der Waals surface area contributed by atoms with Crippen molar-refractivity contribution in [3.63, 3.8) is 0 Å². The highest BCUT2D eigenvalue weighted by Crippen LogP contribution is 2.52. The lowest BCUT2D eigenvalue weighted by Crippen LogP contribution is -2.40. The first kappa shape index (κ1) is 28.8. The van der Waals surface area contributed by atoms with Gasteiger partial charge in [-0.15, -0.1) is 11.3 Å². The number of carbonyl (C=O) groups is 3. The van der Waals surface area contributed by atoms with Gasteiger partial charge in [0, 0.05) is 48.0 Å². The summed E-state index contributed by atoms with van der Waals surface area (Å²) >= 11 is 1.62. The fraction of sp³-hybridized carbons (Fsp3) is 0.353. The number of hydrogen-bond acceptors (Lipinski definition) is 6. The van der Waals surface area contributed by atoms with Gasteiger partial charge in [0.25, 0.3) is 5.91 Å². The van der Waals surface area contributed by atoms with Crippen LogP contribution < -0.4 is 10.6 Å². The highest BCUT2D eigenvalue weighted by Gasteiger charge is 2.46. The van der Waals surface area contributed by atoms with Gasteiger partial charge >= 0.3 is 0 Å². The van der Waals surface area contributed by atoms with Crippen LogP contribution in [0.15, 0.2) is 72.2 Å². The standard InChI is InChI=1S/C34H37N3O3S/c1-3-28(12-13-32-35-16-17-41-32)36-22-31(39)33(40)37-21-25-6-4-5-7-29(25)30(38)20-34(14-15-34)27-11-10-24-9-8-23(2)18-26(24)19-27/h4-11,16-19,28,36H,3,12-15,20-22H2,1-2H3,(H,37,40)/t28-/m0/s1. The number of aryl methyl sites for hydroxylation is 2. The zero-order valence-corrected chi connectivity index (χ0v) is 24.6. The summed E-state index contributed by atoms with van der Waals surface area (Å²) in [6, 6.07) is 20.5. The predicted octanol–water partition coefficient (Wildman–Crippen LogP) is 6.10. The van der Waals surface area contributed by atoms with Crippen LogP contribution in [0.2, 0.25) is 0 Å². The van der Waals surface area contributed by atoms with Gasteiger partial charge in [0.15, 0.2) is 5.78 Å². The summed E-state index contributed by atoms with van der Waals surface area (Å²) in [6.45, 7) is 4.27. The molecule has 212 valence electrons. The zero-order valence-electron chi connectivity index (χ0n) is 23.7. The number of thiazole rings is 1. The second kappa shape index (κ2) is 12.9. The van der Waals surface area contributed by atoms with Crippen molar-refractivity contribution in [2.45, 2.75) is 70.4 Å². The van der Waals surface area contributed by atoms with E-state index < -0.39 is 11.7 Å². The fourth-order valence-electron chi connectivity index (χ4n) is 5.48. The maximum atomic E-state index is 13.6. The normalized spacial score (nSPS) is 14.5. The SMILES string of the molecule is CC[C@@H](CCc1nccs1)NCC(=O)C(=O)NCc1ccccc1C(=O)CC1(c2ccc3ccc(C)cc3c2)CC1. The van der Waals surface area contributed by atoms with Crippen LogP contribution in [0.3, 0.4) is 0 Å². The minimum atomic E-state index is -0.639. The summed E-state index contributed by atoms with van der Waals surface area (Å²) in [5.41, 5.74) is 3.63. The Morgan fingerprint density at radius 3 is 2.59 bits per heavy atom. The molecular weight excluding hydrogens is 530 g/mol. The first-order valence-electron chi connectivity index (χ1n) is 14.4. The Kier molecular flexibility index (Phi) is 9.06. The van der Waals surface area contributed by atoms with E-state index in [4.69, 9.17) is 0 Å². The van der Waals surface area contributed by atoms with Crippen LogP contribution in [-0.4, -0.2) is 35.0 Å². The Morgan fingerprint density at radius 1 is 1.02 bits per heavy atom. The monoisotopic (exact) mass is 567 g/mol. The molecule has 0 aliphatic heterocycles. The van der Waals surface area contributed by atoms with Crippen molar-refractivity contribution in [2.24, 2.45) is 0 Å². The topological polar surface area (TPSA) is 88.2 Å². The Labute approximate surface area is 245 Å². The van der Waals surface area contributed by atoms with Gasteiger partial charge in [-0.25, -0.2) is 4.98 Å². The van der Waals surface area contributed by atoms with E-state index in [9.17, 15) is 14.4 Å². The molecule has 1 heterocycles. The summed E-state index contributed by atoms with van der Waals surface area (Å²) in [5, 5.41) is 11.4. The van der Waals surface area contributed by atoms with Crippen molar-refractivity contribution in [2.75, 3.05) is 6.54 Å². The number of Topliss-reactive ketones (excluding diaryl/α,β-unsaturated/α-hetero) is 2. The zero-order chi connectivity index (χ0) is 28.8. The highest BCUT2D eigenvalue weighted by atomic mass is 32.1. The summed E-state index contributed by atoms with van der Waals surface area (Å²) in [5.74, 6) is -1.08. The Hall–Kier alpha value is -3.68. The van der Waals surface area contributed by atoms with E-state index in [2.05, 4.69) is 65.9 Å². The molecule has 2 N–H and O–H groups in total. The molecule has 1 aromatic heterocycles. The first-order chi connectivity index (χ1) is 19.9. The molecule has 5 rings (SSSR count). The summed E-state index contributed by atoms with van der Waals surface area (Å²) < 4.78 is 0. The van der Waals surface area contributed by atoms with Crippen LogP contribution in [0.1, 0.15) is 71.1 Å². The Bertz CT molecular complexity index is 1540. The summed E-state index contributed by atoms with van der Waals surface area (Å²) in [4.78, 5) is 43.0. The second-order valence-electron chi connectivity index (χ2n) is 11.2. The fourth-order valence-corrected chi connectivity index (χ4v) is 6.12. The number of ketones is 2. The quantitative estimate of drug-likeness (QED) is 0.142. The molecule has 6 nitrogen and oxygen atoms in total. The third-order valence-electron chi connectivity index (χ3n) is 8.21. The number of nitrogens with one attached hydrogen (secondary N) is 2. The smallest absolute Gasteiger partial charge is 0.289 e. The lowest BCUT2D eigenvalue weighted by molar-refractivity contribution is -0.137. The Morgan fingerprint density at radius 2 is 1.83 bits per heavy atom. The van der Waals surface area contributed by atoms with E-state index >= 15 is 0 Å². The molecule has 0 saturated heterocycles. The molecular formula is C34H37N3O3S. The van der Waals surface area contributed by atoms with Crippen LogP contribution in [-0.2, 0) is 28.0 Å². The number of amides is 1. The van der Waals surface area contributed by atoms with E-state index in [1.165, 1.54) is 21.9 Å². The Balaban J connectivity index is 1.16. The van der Waals surface area contributed by atoms with E-state index in [1.807, 2.05) is 29.6 Å². The third-order valence-corrected chi connectivity index (χ3v) is 9.04. The van der Waals surface area contributed by atoms with Gasteiger partial charge in [-0.3, -0.25) is 14.4 Å². The lowest BCUT2D eigenvalue weighted by Gasteiger charge is -2.18. The molecule has 0 radical (unpaired) electrons. The number of rotatable bonds is 14. The molecule has 1 aliphatic rings. The van der Waals surface area contributed by atoms with Crippen LogP contribution in [0, 0.1) is 6.92 Å². The van der Waals surface area contributed by atoms with E-state index in [-0.39, 0.29) is 30.3 Å². The number of aromatic nitrogens is 1. The van der Waals surface area contributed by atoms with E-state index in [1.54, 1.807) is 17.5 Å². The average molecular weight is 568 g/mol.